The van der Waals surface area contributed by atoms with E-state index in [4.69, 9.17) is 0 Å². The molecule has 2 rings (SSSR count). The molecule has 4 heteroatoms. The van der Waals surface area contributed by atoms with Crippen LogP contribution in [0.3, 0.4) is 0 Å². The van der Waals surface area contributed by atoms with Gasteiger partial charge in [-0.1, -0.05) is 44.2 Å². The summed E-state index contributed by atoms with van der Waals surface area (Å²) in [6.45, 7) is 4.84. The fraction of sp³-hybridized carbons (Fsp3) is 0.286. The van der Waals surface area contributed by atoms with Gasteiger partial charge in [0.05, 0.1) is 0 Å². The number of nitrogens with zero attached hydrogens (tertiary/aromatic N) is 1. The Hall–Kier alpha value is -1.52. The molecule has 94 valence electrons. The minimum Gasteiger partial charge on any atom is -0.423 e. The Kier molecular flexibility index (Phi) is 3.89. The van der Waals surface area contributed by atoms with E-state index >= 15 is 0 Å². The van der Waals surface area contributed by atoms with E-state index in [1.807, 2.05) is 49.0 Å². The Morgan fingerprint density at radius 3 is 2.28 bits per heavy atom. The van der Waals surface area contributed by atoms with E-state index in [1.165, 1.54) is 5.56 Å². The zero-order valence-corrected chi connectivity index (χ0v) is 10.7. The lowest BCUT2D eigenvalue weighted by Crippen LogP contribution is -2.31. The minimum absolute atomic E-state index is 0.277. The topological polar surface area (TPSA) is 45.4 Å². The summed E-state index contributed by atoms with van der Waals surface area (Å²) in [6.07, 6.45) is 3.80. The van der Waals surface area contributed by atoms with Crippen molar-refractivity contribution in [1.82, 2.24) is 4.57 Å². The van der Waals surface area contributed by atoms with E-state index in [9.17, 15) is 10.0 Å². The molecule has 0 aliphatic heterocycles. The van der Waals surface area contributed by atoms with Gasteiger partial charge in [-0.25, -0.2) is 0 Å². The van der Waals surface area contributed by atoms with Gasteiger partial charge in [0, 0.05) is 24.4 Å². The van der Waals surface area contributed by atoms with E-state index in [0.717, 1.165) is 12.1 Å². The molecule has 0 saturated heterocycles. The summed E-state index contributed by atoms with van der Waals surface area (Å²) in [5, 5.41) is 18.8. The molecule has 0 amide bonds. The van der Waals surface area contributed by atoms with Gasteiger partial charge in [0.1, 0.15) is 0 Å². The highest BCUT2D eigenvalue weighted by atomic mass is 16.4. The molecule has 0 fully saturated rings. The second-order valence-electron chi connectivity index (χ2n) is 4.86. The Morgan fingerprint density at radius 1 is 1.11 bits per heavy atom. The van der Waals surface area contributed by atoms with Crippen LogP contribution in [0.25, 0.3) is 0 Å². The van der Waals surface area contributed by atoms with Crippen LogP contribution in [0.1, 0.15) is 30.9 Å². The van der Waals surface area contributed by atoms with Gasteiger partial charge >= 0.3 is 7.12 Å². The van der Waals surface area contributed by atoms with Crippen molar-refractivity contribution in [2.75, 3.05) is 0 Å². The van der Waals surface area contributed by atoms with Gasteiger partial charge in [0.15, 0.2) is 0 Å². The summed E-state index contributed by atoms with van der Waals surface area (Å²) < 4.78 is 2.00. The molecular formula is C14H18BNO2. The summed E-state index contributed by atoms with van der Waals surface area (Å²) in [6, 6.07) is 10.1. The van der Waals surface area contributed by atoms with Crippen molar-refractivity contribution in [3.63, 3.8) is 0 Å². The number of aromatic nitrogens is 1. The smallest absolute Gasteiger partial charge is 0.423 e. The SMILES string of the molecule is CC(C)c1cn(Cc2ccccc2)cc1B(O)O. The van der Waals surface area contributed by atoms with Crippen molar-refractivity contribution in [2.45, 2.75) is 26.3 Å². The number of hydrogen-bond donors (Lipinski definition) is 2. The highest BCUT2D eigenvalue weighted by Crippen LogP contribution is 2.14. The van der Waals surface area contributed by atoms with Gasteiger partial charge in [0.2, 0.25) is 0 Å². The lowest BCUT2D eigenvalue weighted by molar-refractivity contribution is 0.425. The van der Waals surface area contributed by atoms with E-state index in [-0.39, 0.29) is 5.92 Å². The van der Waals surface area contributed by atoms with Crippen molar-refractivity contribution in [2.24, 2.45) is 0 Å². The molecule has 0 spiro atoms. The standard InChI is InChI=1S/C14H18BNO2/c1-11(2)13-9-16(10-14(13)15(17)18)8-12-6-4-3-5-7-12/h3-7,9-11,17-18H,8H2,1-2H3. The average Bonchev–Trinajstić information content (AvgIpc) is 2.74. The zero-order valence-electron chi connectivity index (χ0n) is 10.7. The first-order valence-corrected chi connectivity index (χ1v) is 6.17. The molecule has 3 nitrogen and oxygen atoms in total. The molecule has 1 aromatic carbocycles. The summed E-state index contributed by atoms with van der Waals surface area (Å²) in [5.41, 5.74) is 2.78. The predicted octanol–water partition coefficient (Wildman–Crippen LogP) is 1.34. The van der Waals surface area contributed by atoms with E-state index in [2.05, 4.69) is 12.1 Å². The minimum atomic E-state index is -1.40. The van der Waals surface area contributed by atoms with Gasteiger partial charge in [-0.2, -0.15) is 0 Å². The van der Waals surface area contributed by atoms with Crippen LogP contribution >= 0.6 is 0 Å². The monoisotopic (exact) mass is 243 g/mol. The molecule has 0 saturated carbocycles. The van der Waals surface area contributed by atoms with Crippen LogP contribution in [0.2, 0.25) is 0 Å². The van der Waals surface area contributed by atoms with Crippen LogP contribution in [0, 0.1) is 0 Å². The van der Waals surface area contributed by atoms with E-state index in [1.54, 1.807) is 0 Å². The maximum absolute atomic E-state index is 9.38. The third-order valence-electron chi connectivity index (χ3n) is 3.05. The first-order chi connectivity index (χ1) is 8.58. The van der Waals surface area contributed by atoms with Crippen LogP contribution in [-0.4, -0.2) is 21.7 Å². The van der Waals surface area contributed by atoms with Gasteiger partial charge < -0.3 is 14.6 Å². The highest BCUT2D eigenvalue weighted by molar-refractivity contribution is 6.59. The van der Waals surface area contributed by atoms with Crippen molar-refractivity contribution >= 4 is 12.6 Å². The number of rotatable bonds is 4. The fourth-order valence-electron chi connectivity index (χ4n) is 2.13. The zero-order chi connectivity index (χ0) is 13.1. The number of hydrogen-bond acceptors (Lipinski definition) is 2. The largest absolute Gasteiger partial charge is 0.490 e. The van der Waals surface area contributed by atoms with Crippen molar-refractivity contribution in [1.29, 1.82) is 0 Å². The summed E-state index contributed by atoms with van der Waals surface area (Å²) >= 11 is 0. The fourth-order valence-corrected chi connectivity index (χ4v) is 2.13. The van der Waals surface area contributed by atoms with Crippen LogP contribution in [0.4, 0.5) is 0 Å². The Labute approximate surface area is 108 Å². The Morgan fingerprint density at radius 2 is 1.78 bits per heavy atom. The lowest BCUT2D eigenvalue weighted by Gasteiger charge is -2.05. The molecule has 2 N–H and O–H groups in total. The Balaban J connectivity index is 2.27. The average molecular weight is 243 g/mol. The third kappa shape index (κ3) is 2.83. The maximum Gasteiger partial charge on any atom is 0.490 e. The Bertz CT molecular complexity index is 480. The van der Waals surface area contributed by atoms with Gasteiger partial charge in [-0.05, 0) is 17.0 Å². The molecule has 0 atom stereocenters. The highest BCUT2D eigenvalue weighted by Gasteiger charge is 2.20. The van der Waals surface area contributed by atoms with Crippen molar-refractivity contribution in [3.8, 4) is 0 Å². The number of benzene rings is 1. The second-order valence-corrected chi connectivity index (χ2v) is 4.86. The summed E-state index contributed by atoms with van der Waals surface area (Å²) in [5.74, 6) is 0.277. The van der Waals surface area contributed by atoms with Crippen LogP contribution in [-0.2, 0) is 6.54 Å². The lowest BCUT2D eigenvalue weighted by atomic mass is 9.77. The molecule has 18 heavy (non-hydrogen) atoms. The van der Waals surface area contributed by atoms with Gasteiger partial charge in [-0.15, -0.1) is 0 Å². The first kappa shape index (κ1) is 12.9. The summed E-state index contributed by atoms with van der Waals surface area (Å²) in [4.78, 5) is 0. The van der Waals surface area contributed by atoms with E-state index < -0.39 is 7.12 Å². The van der Waals surface area contributed by atoms with Gasteiger partial charge in [0.25, 0.3) is 0 Å². The molecule has 0 radical (unpaired) electrons. The molecule has 2 aromatic rings. The summed E-state index contributed by atoms with van der Waals surface area (Å²) in [7, 11) is -1.40. The molecule has 0 aliphatic rings. The molecule has 1 aromatic heterocycles. The van der Waals surface area contributed by atoms with Crippen LogP contribution < -0.4 is 5.46 Å². The molecule has 1 heterocycles. The normalized spacial score (nSPS) is 10.9. The quantitative estimate of drug-likeness (QED) is 0.796. The molecular weight excluding hydrogens is 225 g/mol. The molecule has 0 unspecified atom stereocenters. The van der Waals surface area contributed by atoms with E-state index in [0.29, 0.717) is 5.46 Å². The van der Waals surface area contributed by atoms with Crippen molar-refractivity contribution < 1.29 is 10.0 Å². The van der Waals surface area contributed by atoms with Crippen LogP contribution in [0.5, 0.6) is 0 Å². The van der Waals surface area contributed by atoms with Gasteiger partial charge in [-0.3, -0.25) is 0 Å². The molecule has 0 bridgehead atoms. The van der Waals surface area contributed by atoms with Crippen molar-refractivity contribution in [3.05, 3.63) is 53.9 Å². The van der Waals surface area contributed by atoms with Crippen LogP contribution in [0.15, 0.2) is 42.7 Å². The third-order valence-corrected chi connectivity index (χ3v) is 3.05. The molecule has 0 aliphatic carbocycles. The second kappa shape index (κ2) is 5.42. The predicted molar refractivity (Wildman–Crippen MR) is 73.9 cm³/mol. The maximum atomic E-state index is 9.38. The first-order valence-electron chi connectivity index (χ1n) is 6.17.